The minimum absolute atomic E-state index is 0.937. The SMILES string of the molecule is CCc1cc(C)n2nccc2n1. The molecule has 0 saturated carbocycles. The number of rotatable bonds is 1. The fourth-order valence-corrected chi connectivity index (χ4v) is 1.32. The molecule has 2 rings (SSSR count). The highest BCUT2D eigenvalue weighted by molar-refractivity contribution is 5.38. The summed E-state index contributed by atoms with van der Waals surface area (Å²) in [5.41, 5.74) is 3.20. The van der Waals surface area contributed by atoms with Crippen molar-refractivity contribution in [3.05, 3.63) is 29.7 Å². The van der Waals surface area contributed by atoms with Crippen LogP contribution in [0.15, 0.2) is 18.3 Å². The van der Waals surface area contributed by atoms with E-state index in [0.717, 1.165) is 23.5 Å². The molecule has 0 spiro atoms. The highest BCUT2D eigenvalue weighted by Crippen LogP contribution is 2.06. The van der Waals surface area contributed by atoms with Crippen LogP contribution in [0.2, 0.25) is 0 Å². The first-order valence-corrected chi connectivity index (χ1v) is 4.11. The van der Waals surface area contributed by atoms with Crippen LogP contribution in [-0.2, 0) is 6.42 Å². The number of aromatic nitrogens is 3. The lowest BCUT2D eigenvalue weighted by molar-refractivity contribution is 0.872. The molecule has 0 radical (unpaired) electrons. The monoisotopic (exact) mass is 161 g/mol. The second-order valence-corrected chi connectivity index (χ2v) is 2.84. The first-order valence-electron chi connectivity index (χ1n) is 4.11. The third-order valence-corrected chi connectivity index (χ3v) is 1.95. The van der Waals surface area contributed by atoms with Gasteiger partial charge in [-0.1, -0.05) is 6.92 Å². The lowest BCUT2D eigenvalue weighted by Crippen LogP contribution is -1.98. The van der Waals surface area contributed by atoms with Gasteiger partial charge in [0.05, 0.1) is 6.20 Å². The Labute approximate surface area is 71.1 Å². The van der Waals surface area contributed by atoms with Crippen molar-refractivity contribution in [2.45, 2.75) is 20.3 Å². The third-order valence-electron chi connectivity index (χ3n) is 1.95. The second kappa shape index (κ2) is 2.59. The van der Waals surface area contributed by atoms with Gasteiger partial charge in [-0.25, -0.2) is 9.50 Å². The molecule has 3 heteroatoms. The number of hydrogen-bond donors (Lipinski definition) is 0. The van der Waals surface area contributed by atoms with Gasteiger partial charge in [0, 0.05) is 17.5 Å². The van der Waals surface area contributed by atoms with Gasteiger partial charge in [0.15, 0.2) is 5.65 Å². The molecule has 12 heavy (non-hydrogen) atoms. The van der Waals surface area contributed by atoms with E-state index in [1.807, 2.05) is 17.5 Å². The van der Waals surface area contributed by atoms with Gasteiger partial charge in [0.1, 0.15) is 0 Å². The number of fused-ring (bicyclic) bond motifs is 1. The predicted octanol–water partition coefficient (Wildman–Crippen LogP) is 1.60. The Balaban J connectivity index is 2.75. The fraction of sp³-hybridized carbons (Fsp3) is 0.333. The molecule has 0 amide bonds. The van der Waals surface area contributed by atoms with Crippen LogP contribution < -0.4 is 0 Å². The minimum Gasteiger partial charge on any atom is -0.234 e. The summed E-state index contributed by atoms with van der Waals surface area (Å²) in [4.78, 5) is 4.42. The Morgan fingerprint density at radius 1 is 1.50 bits per heavy atom. The largest absolute Gasteiger partial charge is 0.234 e. The van der Waals surface area contributed by atoms with Crippen molar-refractivity contribution in [2.24, 2.45) is 0 Å². The maximum Gasteiger partial charge on any atom is 0.155 e. The van der Waals surface area contributed by atoms with Crippen LogP contribution in [0.5, 0.6) is 0 Å². The molecule has 0 bridgehead atoms. The summed E-state index contributed by atoms with van der Waals surface area (Å²) in [6, 6.07) is 3.99. The molecular formula is C9H11N3. The first-order chi connectivity index (χ1) is 5.81. The predicted molar refractivity (Wildman–Crippen MR) is 47.1 cm³/mol. The molecule has 0 saturated heterocycles. The Morgan fingerprint density at radius 3 is 3.08 bits per heavy atom. The van der Waals surface area contributed by atoms with Crippen molar-refractivity contribution in [2.75, 3.05) is 0 Å². The Bertz CT molecular complexity index is 403. The smallest absolute Gasteiger partial charge is 0.155 e. The highest BCUT2D eigenvalue weighted by Gasteiger charge is 2.00. The van der Waals surface area contributed by atoms with Gasteiger partial charge in [0.2, 0.25) is 0 Å². The Morgan fingerprint density at radius 2 is 2.33 bits per heavy atom. The van der Waals surface area contributed by atoms with Crippen LogP contribution in [0.25, 0.3) is 5.65 Å². The lowest BCUT2D eigenvalue weighted by atomic mass is 10.3. The van der Waals surface area contributed by atoms with Gasteiger partial charge in [-0.3, -0.25) is 0 Å². The van der Waals surface area contributed by atoms with Crippen LogP contribution in [-0.4, -0.2) is 14.6 Å². The summed E-state index contributed by atoms with van der Waals surface area (Å²) in [7, 11) is 0. The van der Waals surface area contributed by atoms with E-state index in [2.05, 4.69) is 23.1 Å². The maximum absolute atomic E-state index is 4.42. The summed E-state index contributed by atoms with van der Waals surface area (Å²) < 4.78 is 1.85. The molecule has 2 heterocycles. The number of nitrogens with zero attached hydrogens (tertiary/aromatic N) is 3. The van der Waals surface area contributed by atoms with Crippen molar-refractivity contribution in [3.63, 3.8) is 0 Å². The first kappa shape index (κ1) is 7.28. The van der Waals surface area contributed by atoms with Crippen molar-refractivity contribution < 1.29 is 0 Å². The summed E-state index contributed by atoms with van der Waals surface area (Å²) in [5, 5.41) is 4.15. The molecule has 0 fully saturated rings. The van der Waals surface area contributed by atoms with Crippen molar-refractivity contribution in [3.8, 4) is 0 Å². The standard InChI is InChI=1S/C9H11N3/c1-3-8-6-7(2)12-9(11-8)4-5-10-12/h4-6H,3H2,1-2H3. The van der Waals surface area contributed by atoms with Crippen LogP contribution >= 0.6 is 0 Å². The molecule has 62 valence electrons. The molecule has 0 aliphatic heterocycles. The summed E-state index contributed by atoms with van der Waals surface area (Å²) in [6.07, 6.45) is 2.75. The van der Waals surface area contributed by atoms with E-state index in [1.54, 1.807) is 6.20 Å². The number of aryl methyl sites for hydroxylation is 2. The van der Waals surface area contributed by atoms with Gasteiger partial charge >= 0.3 is 0 Å². The second-order valence-electron chi connectivity index (χ2n) is 2.84. The summed E-state index contributed by atoms with van der Waals surface area (Å²) >= 11 is 0. The third kappa shape index (κ3) is 0.978. The summed E-state index contributed by atoms with van der Waals surface area (Å²) in [5.74, 6) is 0. The van der Waals surface area contributed by atoms with Crippen molar-refractivity contribution in [1.29, 1.82) is 0 Å². The van der Waals surface area contributed by atoms with Crippen molar-refractivity contribution in [1.82, 2.24) is 14.6 Å². The van der Waals surface area contributed by atoms with Crippen LogP contribution in [0, 0.1) is 6.92 Å². The lowest BCUT2D eigenvalue weighted by Gasteiger charge is -2.00. The minimum atomic E-state index is 0.937. The topological polar surface area (TPSA) is 30.2 Å². The average molecular weight is 161 g/mol. The molecular weight excluding hydrogens is 150 g/mol. The molecule has 0 unspecified atom stereocenters. The molecule has 0 aromatic carbocycles. The molecule has 0 N–H and O–H groups in total. The van der Waals surface area contributed by atoms with Gasteiger partial charge in [-0.05, 0) is 19.4 Å². The van der Waals surface area contributed by atoms with E-state index in [4.69, 9.17) is 0 Å². The molecule has 0 atom stereocenters. The quantitative estimate of drug-likeness (QED) is 0.636. The average Bonchev–Trinajstić information content (AvgIpc) is 2.52. The summed E-state index contributed by atoms with van der Waals surface area (Å²) in [6.45, 7) is 4.15. The van der Waals surface area contributed by atoms with Gasteiger partial charge < -0.3 is 0 Å². The van der Waals surface area contributed by atoms with E-state index < -0.39 is 0 Å². The zero-order valence-electron chi connectivity index (χ0n) is 7.28. The maximum atomic E-state index is 4.42. The number of hydrogen-bond acceptors (Lipinski definition) is 2. The van der Waals surface area contributed by atoms with Crippen LogP contribution in [0.3, 0.4) is 0 Å². The molecule has 2 aromatic heterocycles. The van der Waals surface area contributed by atoms with Gasteiger partial charge in [-0.2, -0.15) is 5.10 Å². The van der Waals surface area contributed by atoms with E-state index in [9.17, 15) is 0 Å². The van der Waals surface area contributed by atoms with Crippen molar-refractivity contribution >= 4 is 5.65 Å². The fourth-order valence-electron chi connectivity index (χ4n) is 1.32. The van der Waals surface area contributed by atoms with Crippen LogP contribution in [0.4, 0.5) is 0 Å². The van der Waals surface area contributed by atoms with Gasteiger partial charge in [-0.15, -0.1) is 0 Å². The Kier molecular flexibility index (Phi) is 1.57. The Hall–Kier alpha value is -1.38. The zero-order valence-corrected chi connectivity index (χ0v) is 7.28. The van der Waals surface area contributed by atoms with Gasteiger partial charge in [0.25, 0.3) is 0 Å². The molecule has 2 aromatic rings. The zero-order chi connectivity index (χ0) is 8.55. The van der Waals surface area contributed by atoms with Crippen LogP contribution in [0.1, 0.15) is 18.3 Å². The normalized spacial score (nSPS) is 10.8. The van der Waals surface area contributed by atoms with E-state index >= 15 is 0 Å². The molecule has 0 aliphatic carbocycles. The molecule has 0 aliphatic rings. The van der Waals surface area contributed by atoms with E-state index in [-0.39, 0.29) is 0 Å². The highest BCUT2D eigenvalue weighted by atomic mass is 15.2. The van der Waals surface area contributed by atoms with E-state index in [0.29, 0.717) is 0 Å². The molecule has 3 nitrogen and oxygen atoms in total. The van der Waals surface area contributed by atoms with E-state index in [1.165, 1.54) is 0 Å².